The first kappa shape index (κ1) is 36.4. The van der Waals surface area contributed by atoms with Crippen molar-refractivity contribution in [3.05, 3.63) is 24.3 Å². The molecule has 12 bridgehead atoms. The Kier molecular flexibility index (Phi) is 10.0. The molecule has 0 aliphatic carbocycles. The smallest absolute Gasteiger partial charge is 0.172 e. The number of aliphatic hydroxyl groups is 1. The van der Waals surface area contributed by atoms with E-state index in [0.717, 1.165) is 56.1 Å². The summed E-state index contributed by atoms with van der Waals surface area (Å²) in [6.07, 6.45) is 4.85. The molecule has 0 aromatic carbocycles. The number of fused-ring (bicyclic) bond motifs is 6. The van der Waals surface area contributed by atoms with E-state index in [1.165, 1.54) is 0 Å². The summed E-state index contributed by atoms with van der Waals surface area (Å²) in [6, 6.07) is 0. The van der Waals surface area contributed by atoms with E-state index in [-0.39, 0.29) is 122 Å². The molecule has 0 amide bonds. The van der Waals surface area contributed by atoms with Gasteiger partial charge in [-0.2, -0.15) is 0 Å². The predicted molar refractivity (Wildman–Crippen MR) is 186 cm³/mol. The minimum Gasteiger partial charge on any atom is -0.392 e. The summed E-state index contributed by atoms with van der Waals surface area (Å²) >= 11 is 0. The maximum absolute atomic E-state index is 14.1. The normalized spacial score (nSPS) is 52.4. The summed E-state index contributed by atoms with van der Waals surface area (Å²) in [6.45, 7) is 11.3. The standard InChI is InChI=1S/C40H59NO11/c1-19-11-24-5-7-28-20(2)12-26(45-28)9-10-40-17-33-36(51-40)37-38(50-33)39(52-40)35-29(49-37)8-6-25(47-35)13-22(42)14-27-31(16-30(46-24)21(19)3)48-32(34(27)44-4)15-23(43)18-41/h19,23-39,43H,2-3,5-18,41H2,1,4H3/t19-,23+,24+,25?,26+,27+,28?,29+,30?,31+,32-,33-,34-,35+,36?,37+,38-,39+,40+/m1/s1. The average molecular weight is 730 g/mol. The number of Topliss-reactive ketones (excluding diaryl/α,β-unsaturated/α-hetero) is 1. The van der Waals surface area contributed by atoms with Crippen LogP contribution in [-0.4, -0.2) is 128 Å². The summed E-state index contributed by atoms with van der Waals surface area (Å²) in [4.78, 5) is 14.1. The van der Waals surface area contributed by atoms with Crippen molar-refractivity contribution in [1.82, 2.24) is 0 Å². The molecule has 19 atom stereocenters. The second-order valence-electron chi connectivity index (χ2n) is 17.4. The molecule has 10 aliphatic heterocycles. The van der Waals surface area contributed by atoms with Crippen LogP contribution in [0.1, 0.15) is 90.4 Å². The number of hydrogen-bond acceptors (Lipinski definition) is 12. The molecule has 0 saturated carbocycles. The number of carbonyl (C=O) groups is 1. The highest BCUT2D eigenvalue weighted by Crippen LogP contribution is 2.54. The van der Waals surface area contributed by atoms with Gasteiger partial charge in [-0.1, -0.05) is 20.1 Å². The van der Waals surface area contributed by atoms with Gasteiger partial charge in [0.25, 0.3) is 0 Å². The van der Waals surface area contributed by atoms with Gasteiger partial charge in [-0.15, -0.1) is 0 Å². The summed E-state index contributed by atoms with van der Waals surface area (Å²) in [5.41, 5.74) is 8.01. The van der Waals surface area contributed by atoms with Crippen LogP contribution < -0.4 is 5.73 Å². The molecule has 12 heteroatoms. The van der Waals surface area contributed by atoms with E-state index >= 15 is 0 Å². The Morgan fingerprint density at radius 1 is 0.808 bits per heavy atom. The molecule has 12 nitrogen and oxygen atoms in total. The number of methoxy groups -OCH3 is 1. The van der Waals surface area contributed by atoms with Crippen LogP contribution in [0.15, 0.2) is 24.3 Å². The predicted octanol–water partition coefficient (Wildman–Crippen LogP) is 3.44. The minimum absolute atomic E-state index is 0.0158. The number of ketones is 1. The third-order valence-corrected chi connectivity index (χ3v) is 14.0. The van der Waals surface area contributed by atoms with E-state index in [1.807, 2.05) is 0 Å². The highest BCUT2D eigenvalue weighted by molar-refractivity contribution is 5.79. The van der Waals surface area contributed by atoms with Crippen molar-refractivity contribution in [2.75, 3.05) is 13.7 Å². The number of carbonyl (C=O) groups excluding carboxylic acids is 1. The number of hydrogen-bond donors (Lipinski definition) is 2. The van der Waals surface area contributed by atoms with Crippen LogP contribution in [0.4, 0.5) is 0 Å². The Balaban J connectivity index is 0.994. The molecule has 52 heavy (non-hydrogen) atoms. The topological polar surface area (TPSA) is 146 Å². The molecule has 0 aromatic rings. The van der Waals surface area contributed by atoms with E-state index in [0.29, 0.717) is 25.7 Å². The highest BCUT2D eigenvalue weighted by atomic mass is 16.8. The van der Waals surface area contributed by atoms with Crippen LogP contribution in [0.5, 0.6) is 0 Å². The molecule has 10 fully saturated rings. The largest absolute Gasteiger partial charge is 0.392 e. The molecule has 4 unspecified atom stereocenters. The van der Waals surface area contributed by atoms with Gasteiger partial charge < -0.3 is 53.5 Å². The van der Waals surface area contributed by atoms with Crippen molar-refractivity contribution >= 4 is 5.78 Å². The van der Waals surface area contributed by atoms with E-state index in [4.69, 9.17) is 48.4 Å². The third kappa shape index (κ3) is 6.59. The Hall–Kier alpha value is -1.29. The van der Waals surface area contributed by atoms with Gasteiger partial charge in [0.2, 0.25) is 0 Å². The molecular weight excluding hydrogens is 670 g/mol. The zero-order valence-corrected chi connectivity index (χ0v) is 30.8. The van der Waals surface area contributed by atoms with Crippen LogP contribution in [0, 0.1) is 11.8 Å². The van der Waals surface area contributed by atoms with Gasteiger partial charge in [0.1, 0.15) is 36.3 Å². The van der Waals surface area contributed by atoms with Crippen molar-refractivity contribution < 1.29 is 52.5 Å². The van der Waals surface area contributed by atoms with Gasteiger partial charge in [0, 0.05) is 58.1 Å². The molecule has 10 heterocycles. The Morgan fingerprint density at radius 2 is 1.56 bits per heavy atom. The first-order chi connectivity index (χ1) is 25.1. The second kappa shape index (κ2) is 14.3. The summed E-state index contributed by atoms with van der Waals surface area (Å²) in [5, 5.41) is 10.5. The lowest BCUT2D eigenvalue weighted by Gasteiger charge is -2.47. The lowest BCUT2D eigenvalue weighted by Crippen LogP contribution is -2.61. The van der Waals surface area contributed by atoms with E-state index in [2.05, 4.69) is 20.1 Å². The van der Waals surface area contributed by atoms with E-state index < -0.39 is 18.0 Å². The molecule has 0 aromatic heterocycles. The summed E-state index contributed by atoms with van der Waals surface area (Å²) < 4.78 is 60.0. The first-order valence-electron chi connectivity index (χ1n) is 20.2. The molecule has 290 valence electrons. The zero-order chi connectivity index (χ0) is 35.9. The fraction of sp³-hybridized carbons (Fsp3) is 0.875. The van der Waals surface area contributed by atoms with Gasteiger partial charge in [0.05, 0.1) is 67.1 Å². The van der Waals surface area contributed by atoms with Gasteiger partial charge in [-0.3, -0.25) is 4.79 Å². The lowest BCUT2D eigenvalue weighted by molar-refractivity contribution is -0.292. The number of ether oxygens (including phenoxy) is 9. The van der Waals surface area contributed by atoms with Gasteiger partial charge in [0.15, 0.2) is 5.79 Å². The van der Waals surface area contributed by atoms with Crippen LogP contribution >= 0.6 is 0 Å². The van der Waals surface area contributed by atoms with Crippen molar-refractivity contribution in [1.29, 1.82) is 0 Å². The summed E-state index contributed by atoms with van der Waals surface area (Å²) in [5.74, 6) is -0.619. The lowest BCUT2D eigenvalue weighted by atomic mass is 9.81. The fourth-order valence-corrected chi connectivity index (χ4v) is 11.3. The molecule has 10 aliphatic rings. The zero-order valence-electron chi connectivity index (χ0n) is 30.8. The van der Waals surface area contributed by atoms with Crippen LogP contribution in [0.25, 0.3) is 0 Å². The molecule has 3 N–H and O–H groups in total. The fourth-order valence-electron chi connectivity index (χ4n) is 11.3. The summed E-state index contributed by atoms with van der Waals surface area (Å²) in [7, 11) is 1.66. The Bertz CT molecular complexity index is 1380. The van der Waals surface area contributed by atoms with E-state index in [1.54, 1.807) is 7.11 Å². The molecule has 1 spiro atoms. The van der Waals surface area contributed by atoms with Crippen molar-refractivity contribution in [2.45, 2.75) is 194 Å². The van der Waals surface area contributed by atoms with E-state index in [9.17, 15) is 9.90 Å². The molecule has 10 rings (SSSR count). The number of rotatable bonds is 4. The number of aliphatic hydroxyl groups excluding tert-OH is 1. The minimum atomic E-state index is -0.780. The number of nitrogens with two attached hydrogens (primary N) is 1. The second-order valence-corrected chi connectivity index (χ2v) is 17.4. The van der Waals surface area contributed by atoms with Gasteiger partial charge in [-0.25, -0.2) is 0 Å². The van der Waals surface area contributed by atoms with Crippen molar-refractivity contribution in [3.8, 4) is 0 Å². The van der Waals surface area contributed by atoms with Crippen molar-refractivity contribution in [2.24, 2.45) is 17.6 Å². The van der Waals surface area contributed by atoms with Gasteiger partial charge >= 0.3 is 0 Å². The average Bonchev–Trinajstić information content (AvgIpc) is 3.79. The van der Waals surface area contributed by atoms with Crippen LogP contribution in [0.3, 0.4) is 0 Å². The SMILES string of the molecule is C=C1C[C@@H]2CC[C@@]34C[C@H]5O[C@H]6[C@@H](O3)[C@H]3OC(CC[C@@H]3O[C@H]6C5O4)CC(=O)C[C@@H]3[C@@H](OC)[C@@H](C[C@H](O)CN)O[C@H]3CC3O[C@@H](CCC1O2)C[C@@H](C)C3=C. The molecular formula is C40H59NO11. The third-order valence-electron chi connectivity index (χ3n) is 14.0. The Labute approximate surface area is 307 Å². The molecule has 0 radical (unpaired) electrons. The maximum Gasteiger partial charge on any atom is 0.172 e. The van der Waals surface area contributed by atoms with Gasteiger partial charge in [-0.05, 0) is 62.0 Å². The maximum atomic E-state index is 14.1. The quantitative estimate of drug-likeness (QED) is 0.409. The highest BCUT2D eigenvalue weighted by Gasteiger charge is 2.68. The van der Waals surface area contributed by atoms with Crippen LogP contribution in [-0.2, 0) is 47.4 Å². The monoisotopic (exact) mass is 729 g/mol. The van der Waals surface area contributed by atoms with Crippen LogP contribution in [0.2, 0.25) is 0 Å². The first-order valence-corrected chi connectivity index (χ1v) is 20.2. The van der Waals surface area contributed by atoms with Crippen molar-refractivity contribution in [3.63, 3.8) is 0 Å². The molecule has 10 saturated heterocycles. The Morgan fingerprint density at radius 3 is 2.38 bits per heavy atom.